The van der Waals surface area contributed by atoms with Crippen LogP contribution in [-0.4, -0.2) is 438 Å². The van der Waals surface area contributed by atoms with E-state index in [4.69, 9.17) is 122 Å². The van der Waals surface area contributed by atoms with E-state index in [0.717, 1.165) is 92.8 Å². The van der Waals surface area contributed by atoms with Crippen molar-refractivity contribution in [1.29, 1.82) is 5.41 Å². The highest BCUT2D eigenvalue weighted by atomic mass is 32.3. The summed E-state index contributed by atoms with van der Waals surface area (Å²) in [4.78, 5) is 84.6. The van der Waals surface area contributed by atoms with Gasteiger partial charge in [0.05, 0.1) is 70.4 Å². The number of methoxy groups -OCH3 is 8. The molecule has 6 heterocycles. The second-order valence-electron chi connectivity index (χ2n) is 34.6. The topological polar surface area (TPSA) is 792 Å². The molecule has 6 aliphatic heterocycles. The van der Waals surface area contributed by atoms with E-state index < -0.39 is 288 Å². The summed E-state index contributed by atoms with van der Waals surface area (Å²) in [5.74, 6) is -6.50. The van der Waals surface area contributed by atoms with E-state index in [1.165, 1.54) is 0 Å². The van der Waals surface area contributed by atoms with E-state index in [9.17, 15) is 125 Å². The highest BCUT2D eigenvalue weighted by molar-refractivity contribution is 7.89. The number of carboxylic acids is 2. The predicted octanol–water partition coefficient (Wildman–Crippen LogP) is -0.802. The number of aliphatic carboxylic acids is 2. The number of ether oxygens (including phenoxy) is 21. The smallest absolute Gasteiger partial charge is 0.397 e. The van der Waals surface area contributed by atoms with Crippen LogP contribution in [-0.2, 0) is 232 Å². The first-order chi connectivity index (χ1) is 69.3. The molecule has 848 valence electrons. The van der Waals surface area contributed by atoms with Crippen LogP contribution >= 0.6 is 0 Å². The van der Waals surface area contributed by atoms with Gasteiger partial charge in [-0.15, -0.1) is 0 Å². The summed E-state index contributed by atoms with van der Waals surface area (Å²) in [6, 6.07) is 7.30. The molecule has 0 radical (unpaired) electrons. The lowest BCUT2D eigenvalue weighted by molar-refractivity contribution is -0.389. The Morgan fingerprint density at radius 2 is 0.791 bits per heavy atom. The zero-order valence-electron chi connectivity index (χ0n) is 82.5. The van der Waals surface area contributed by atoms with Gasteiger partial charge in [0.1, 0.15) is 109 Å². The second kappa shape index (κ2) is 57.5. The minimum absolute atomic E-state index is 0.00371. The Morgan fingerprint density at radius 1 is 0.412 bits per heavy atom. The van der Waals surface area contributed by atoms with Crippen molar-refractivity contribution in [2.75, 3.05) is 136 Å². The zero-order valence-corrected chi connectivity index (χ0v) is 88.2. The van der Waals surface area contributed by atoms with Gasteiger partial charge in [-0.05, 0) is 113 Å². The summed E-state index contributed by atoms with van der Waals surface area (Å²) in [6.45, 7) is 5.18. The van der Waals surface area contributed by atoms with E-state index in [1.807, 2.05) is 6.92 Å². The number of Topliss-reactive ketones (excluding diaryl/α,β-unsaturated/α-hetero) is 3. The number of amides is 1. The maximum atomic E-state index is 14.6. The van der Waals surface area contributed by atoms with Crippen LogP contribution in [0.2, 0.25) is 0 Å². The molecule has 10 N–H and O–H groups in total. The van der Waals surface area contributed by atoms with Gasteiger partial charge in [0, 0.05) is 120 Å². The van der Waals surface area contributed by atoms with Crippen LogP contribution in [0.4, 0.5) is 0 Å². The predicted molar refractivity (Wildman–Crippen MR) is 493 cm³/mol. The van der Waals surface area contributed by atoms with Crippen molar-refractivity contribution < 1.29 is 250 Å². The molecule has 0 aromatic heterocycles. The van der Waals surface area contributed by atoms with Gasteiger partial charge in [0.2, 0.25) is 15.9 Å². The number of hydrogen-bond acceptors (Lipinski definition) is 48. The standard InChI is InChI=1S/C83H129N3O55S7/c1-43-36-44(2)75(46(4)45(43)3)142(95,96)85-53(54(89)38-50(76(90)86-27-17-14-18-28-86)37-48-23-25-49(26-24-48)47(5)84)39-52(88)21-16-15-20-51(87)22-19-29-123-30-31-124-32-33-125-34-35-126-58-55(40-127-143(97,98)99)131-80(70(119-10)61(58)115-6)135-65-63(117-8)72(121-12)82(138-68(65)77(91)92)134-60-57(42-129-145(103,104)105)132-83(74(141-148(112,113)114)67(60)139-146(106,107)108)136-66-64(118-9)71(120-11)81(137-69(66)78(93)94)133-59-56(41-128-144(100,101)102)130-79(122-13)73(62(59)116-7)140-147(109,110)111/h23-26,36,50,53,55-74,79-85H,14-22,27-35,37-42H2,1-13H3,(H,91,92)(H,93,94)(H,97,98,99)(H,100,101,102)(H,103,104,105)(H,106,107,108)(H,109,110,111)(H,112,113,114)/t50-,53-,55+,56+,57+,58+,59+,60+,61-,62-,63-,64?,65-,66-,67-,68-,69+,70+,71+,72+,73+,74+,79-,80+,81+,82+,83+/m0/s1. The fraction of sp³-hybridized carbons (Fsp3) is 0.771. The van der Waals surface area contributed by atoms with Crippen molar-refractivity contribution in [2.24, 2.45) is 5.92 Å². The third-order valence-corrected chi connectivity index (χ3v) is 29.0. The number of piperidine rings is 1. The van der Waals surface area contributed by atoms with Crippen LogP contribution in [0.15, 0.2) is 35.2 Å². The first kappa shape index (κ1) is 127. The number of carboxylic acid groups (broad SMARTS) is 2. The summed E-state index contributed by atoms with van der Waals surface area (Å²) < 4.78 is 390. The minimum Gasteiger partial charge on any atom is -0.479 e. The average molecular weight is 2270 g/mol. The van der Waals surface area contributed by atoms with Crippen molar-refractivity contribution >= 4 is 113 Å². The van der Waals surface area contributed by atoms with Crippen LogP contribution in [0.25, 0.3) is 0 Å². The molecular weight excluding hydrogens is 2140 g/mol. The van der Waals surface area contributed by atoms with E-state index in [2.05, 4.69) is 13.1 Å². The van der Waals surface area contributed by atoms with Crippen LogP contribution < -0.4 is 4.72 Å². The number of hydrogen-bond donors (Lipinski definition) is 10. The first-order valence-electron chi connectivity index (χ1n) is 45.7. The molecular formula is C83H129N3O55S7. The molecule has 1 amide bonds. The normalized spacial score (nSPS) is 29.2. The Bertz CT molecular complexity index is 5550. The number of nitrogens with zero attached hydrogens (tertiary/aromatic N) is 1. The van der Waals surface area contributed by atoms with Gasteiger partial charge in [-0.3, -0.25) is 46.5 Å². The fourth-order valence-electron chi connectivity index (χ4n) is 17.7. The molecule has 2 aromatic rings. The summed E-state index contributed by atoms with van der Waals surface area (Å²) in [5, 5.41) is 29.9. The highest BCUT2D eigenvalue weighted by Crippen LogP contribution is 2.43. The maximum Gasteiger partial charge on any atom is 0.397 e. The molecule has 2 aromatic carbocycles. The average Bonchev–Trinajstić information content (AvgIpc) is 0.751. The number of carbonyl (C=O) groups is 6. The molecule has 0 bridgehead atoms. The van der Waals surface area contributed by atoms with E-state index >= 15 is 0 Å². The lowest BCUT2D eigenvalue weighted by Gasteiger charge is -2.51. The molecule has 65 heteroatoms. The molecule has 58 nitrogen and oxygen atoms in total. The number of carbonyl (C=O) groups excluding carboxylic acids is 4. The lowest BCUT2D eigenvalue weighted by Crippen LogP contribution is -2.70. The summed E-state index contributed by atoms with van der Waals surface area (Å²) in [5.41, 5.74) is 4.27. The van der Waals surface area contributed by atoms with Gasteiger partial charge in [-0.25, -0.2) is 47.8 Å². The number of benzene rings is 2. The minimum atomic E-state index is -6.21. The van der Waals surface area contributed by atoms with Gasteiger partial charge in [0.25, 0.3) is 0 Å². The number of rotatable bonds is 64. The maximum absolute atomic E-state index is 14.6. The SMILES string of the molecule is COC1[C@@H](OC)[C@H](O[C@H]2[C@H](OC)[C@@H](OS(=O)(=O)O)[C@@H](OC)O[C@@H]2COS(=O)(=O)O)O[C@@H](C(=O)O)[C@H]1O[C@H]1O[C@H](COS(=O)(=O)O)[C@@H](O[C@@H]2O[C@H](C(=O)O)[C@@H](O[C@H]3O[C@H](COS(=O)(=O)O)[C@@H](OCCOCCOCCOCCCC(=O)CCCCC(=O)C[C@H](NS(=O)(=O)c4c(C)cc(C)c(C)c4C)C(=O)C[C@H](Cc4ccc(C(C)=N)cc4)C(=O)N4CCCCC4)[C@H](OC)[C@H]3OC)[C@H](OC)[C@H]2OC)[C@H](OS(=O)(=O)O)[C@H]1OS(=O)(=O)O. The molecule has 6 fully saturated rings. The van der Waals surface area contributed by atoms with Gasteiger partial charge < -0.3 is 120 Å². The van der Waals surface area contributed by atoms with Gasteiger partial charge in [-0.1, -0.05) is 30.3 Å². The summed E-state index contributed by atoms with van der Waals surface area (Å²) in [7, 11) is -31.5. The van der Waals surface area contributed by atoms with Crippen molar-refractivity contribution in [3.05, 3.63) is 63.7 Å². The number of unbranched alkanes of at least 4 members (excludes halogenated alkanes) is 1. The molecule has 0 saturated carbocycles. The molecule has 0 aliphatic carbocycles. The van der Waals surface area contributed by atoms with E-state index in [0.29, 0.717) is 48.3 Å². The van der Waals surface area contributed by atoms with Crippen LogP contribution in [0.5, 0.6) is 0 Å². The molecule has 6 saturated heterocycles. The Morgan fingerprint density at radius 3 is 1.22 bits per heavy atom. The van der Waals surface area contributed by atoms with Gasteiger partial charge >= 0.3 is 74.3 Å². The number of ketones is 3. The molecule has 148 heavy (non-hydrogen) atoms. The molecule has 6 aliphatic rings. The van der Waals surface area contributed by atoms with Crippen LogP contribution in [0, 0.1) is 39.0 Å². The van der Waals surface area contributed by atoms with Crippen molar-refractivity contribution in [3.63, 3.8) is 0 Å². The lowest BCUT2D eigenvalue weighted by atomic mass is 9.89. The fourth-order valence-corrected chi connectivity index (χ4v) is 21.8. The molecule has 1 unspecified atom stereocenters. The van der Waals surface area contributed by atoms with Gasteiger partial charge in [-0.2, -0.15) is 50.5 Å². The Hall–Kier alpha value is -6.18. The van der Waals surface area contributed by atoms with E-state index in [-0.39, 0.29) is 101 Å². The Labute approximate surface area is 855 Å². The van der Waals surface area contributed by atoms with Crippen molar-refractivity contribution in [2.45, 2.75) is 276 Å². The molecule has 8 rings (SSSR count). The Kier molecular flexibility index (Phi) is 49.3. The van der Waals surface area contributed by atoms with Crippen molar-refractivity contribution in [1.82, 2.24) is 9.62 Å². The number of likely N-dealkylation sites (tertiary alicyclic amines) is 1. The summed E-state index contributed by atoms with van der Waals surface area (Å²) in [6.07, 6.45) is -53.3. The third-order valence-electron chi connectivity index (χ3n) is 24.6. The molecule has 27 atom stereocenters. The Balaban J connectivity index is 0.875. The highest BCUT2D eigenvalue weighted by Gasteiger charge is 2.63. The van der Waals surface area contributed by atoms with Crippen LogP contribution in [0.1, 0.15) is 111 Å². The quantitative estimate of drug-likeness (QED) is 0.0220. The second-order valence-corrected chi connectivity index (χ2v) is 42.7. The van der Waals surface area contributed by atoms with Crippen molar-refractivity contribution in [3.8, 4) is 0 Å². The molecule has 0 spiro atoms. The largest absolute Gasteiger partial charge is 0.479 e. The number of aryl methyl sites for hydroxylation is 2. The van der Waals surface area contributed by atoms with E-state index in [1.54, 1.807) is 62.9 Å². The summed E-state index contributed by atoms with van der Waals surface area (Å²) >= 11 is 0. The monoisotopic (exact) mass is 2270 g/mol. The van der Waals surface area contributed by atoms with Gasteiger partial charge in [0.15, 0.2) is 61.6 Å². The first-order valence-corrected chi connectivity index (χ1v) is 55.3. The third kappa shape index (κ3) is 37.8. The van der Waals surface area contributed by atoms with Crippen LogP contribution in [0.3, 0.4) is 0 Å². The number of sulfonamides is 1. The number of nitrogens with one attached hydrogen (secondary N) is 2. The zero-order chi connectivity index (χ0) is 110.